The van der Waals surface area contributed by atoms with Crippen molar-refractivity contribution in [3.05, 3.63) is 205 Å². The number of hydrogen-bond acceptors (Lipinski definition) is 3. The Morgan fingerprint density at radius 3 is 1.47 bits per heavy atom. The van der Waals surface area contributed by atoms with Crippen molar-refractivity contribution < 1.29 is 8.42 Å². The first-order chi connectivity index (χ1) is 29.1. The third-order valence-corrected chi connectivity index (χ3v) is 14.1. The average molecular weight is 799 g/mol. The topological polar surface area (TPSA) is 42.3 Å². The number of hydrogen-bond donors (Lipinski definition) is 0. The SMILES string of the molecule is CC(C)Cc1ccc2c3ccccc3n(-c3ccc(-c4ccc(S(=O)(=O)c5ccc(-c6ccc(N7c8ccccc8C(C)(C)c8ccccc87)cc6)cc5)cc4)cc3)c2c1. The first-order valence-corrected chi connectivity index (χ1v) is 22.2. The lowest BCUT2D eigenvalue weighted by molar-refractivity contribution is 0.596. The van der Waals surface area contributed by atoms with Crippen LogP contribution in [0.3, 0.4) is 0 Å². The van der Waals surface area contributed by atoms with Crippen molar-refractivity contribution in [1.82, 2.24) is 4.57 Å². The molecule has 5 heteroatoms. The van der Waals surface area contributed by atoms with Crippen LogP contribution < -0.4 is 4.90 Å². The maximum atomic E-state index is 13.9. The van der Waals surface area contributed by atoms with Crippen molar-refractivity contribution in [2.45, 2.75) is 49.3 Å². The van der Waals surface area contributed by atoms with Gasteiger partial charge in [-0.1, -0.05) is 143 Å². The molecule has 60 heavy (non-hydrogen) atoms. The molecule has 0 spiro atoms. The van der Waals surface area contributed by atoms with Gasteiger partial charge in [-0.2, -0.15) is 0 Å². The van der Waals surface area contributed by atoms with Crippen LogP contribution >= 0.6 is 0 Å². The molecule has 2 heterocycles. The predicted molar refractivity (Wildman–Crippen MR) is 249 cm³/mol. The molecule has 1 aromatic heterocycles. The lowest BCUT2D eigenvalue weighted by atomic mass is 9.73. The zero-order valence-electron chi connectivity index (χ0n) is 34.3. The van der Waals surface area contributed by atoms with E-state index in [0.717, 1.165) is 40.0 Å². The van der Waals surface area contributed by atoms with E-state index < -0.39 is 9.84 Å². The fourth-order valence-electron chi connectivity index (χ4n) is 9.24. The smallest absolute Gasteiger partial charge is 0.206 e. The second-order valence-electron chi connectivity index (χ2n) is 16.9. The summed E-state index contributed by atoms with van der Waals surface area (Å²) in [6.45, 7) is 9.10. The molecular formula is C55H46N2O2S. The molecule has 0 atom stereocenters. The fourth-order valence-corrected chi connectivity index (χ4v) is 10.5. The molecule has 0 saturated carbocycles. The van der Waals surface area contributed by atoms with Gasteiger partial charge in [0.1, 0.15) is 0 Å². The molecule has 1 aliphatic heterocycles. The van der Waals surface area contributed by atoms with Crippen molar-refractivity contribution >= 4 is 48.7 Å². The molecular weight excluding hydrogens is 753 g/mol. The van der Waals surface area contributed by atoms with Gasteiger partial charge in [0, 0.05) is 27.6 Å². The maximum absolute atomic E-state index is 13.9. The highest BCUT2D eigenvalue weighted by molar-refractivity contribution is 7.91. The lowest BCUT2D eigenvalue weighted by Gasteiger charge is -2.42. The van der Waals surface area contributed by atoms with Crippen LogP contribution in [0.25, 0.3) is 49.7 Å². The Morgan fingerprint density at radius 2 is 0.933 bits per heavy atom. The molecule has 0 fully saturated rings. The number of nitrogens with zero attached hydrogens (tertiary/aromatic N) is 2. The summed E-state index contributed by atoms with van der Waals surface area (Å²) in [7, 11) is -3.72. The second kappa shape index (κ2) is 14.5. The molecule has 10 rings (SSSR count). The van der Waals surface area contributed by atoms with E-state index in [4.69, 9.17) is 0 Å². The summed E-state index contributed by atoms with van der Waals surface area (Å²) in [6, 6.07) is 64.2. The molecule has 0 bridgehead atoms. The Hall–Kier alpha value is -6.69. The van der Waals surface area contributed by atoms with Crippen molar-refractivity contribution in [3.8, 4) is 27.9 Å². The Bertz CT molecular complexity index is 3110. The van der Waals surface area contributed by atoms with Gasteiger partial charge in [-0.25, -0.2) is 8.42 Å². The molecule has 0 unspecified atom stereocenters. The molecule has 294 valence electrons. The Kier molecular flexibility index (Phi) is 9.11. The first kappa shape index (κ1) is 37.6. The van der Waals surface area contributed by atoms with Gasteiger partial charge >= 0.3 is 0 Å². The second-order valence-corrected chi connectivity index (χ2v) is 18.9. The minimum absolute atomic E-state index is 0.117. The largest absolute Gasteiger partial charge is 0.310 e. The summed E-state index contributed by atoms with van der Waals surface area (Å²) in [4.78, 5) is 2.88. The molecule has 9 aromatic rings. The predicted octanol–water partition coefficient (Wildman–Crippen LogP) is 14.3. The summed E-state index contributed by atoms with van der Waals surface area (Å²) in [5.74, 6) is 0.578. The molecule has 0 amide bonds. The Balaban J connectivity index is 0.881. The molecule has 0 radical (unpaired) electrons. The number of anilines is 3. The van der Waals surface area contributed by atoms with Crippen LogP contribution in [0.1, 0.15) is 44.4 Å². The highest BCUT2D eigenvalue weighted by Crippen LogP contribution is 2.51. The van der Waals surface area contributed by atoms with E-state index in [1.54, 1.807) is 24.3 Å². The van der Waals surface area contributed by atoms with Gasteiger partial charge in [0.05, 0.1) is 32.2 Å². The third-order valence-electron chi connectivity index (χ3n) is 12.3. The summed E-state index contributed by atoms with van der Waals surface area (Å²) >= 11 is 0. The zero-order valence-corrected chi connectivity index (χ0v) is 35.1. The van der Waals surface area contributed by atoms with Gasteiger partial charge in [-0.3, -0.25) is 0 Å². The van der Waals surface area contributed by atoms with Gasteiger partial charge in [-0.15, -0.1) is 0 Å². The quantitative estimate of drug-likeness (QED) is 0.154. The summed E-state index contributed by atoms with van der Waals surface area (Å²) in [5.41, 5.74) is 14.7. The van der Waals surface area contributed by atoms with Crippen molar-refractivity contribution in [3.63, 3.8) is 0 Å². The first-order valence-electron chi connectivity index (χ1n) is 20.8. The maximum Gasteiger partial charge on any atom is 0.206 e. The van der Waals surface area contributed by atoms with Crippen LogP contribution in [0.15, 0.2) is 198 Å². The molecule has 0 saturated heterocycles. The van der Waals surface area contributed by atoms with Crippen LogP contribution in [0, 0.1) is 5.92 Å². The van der Waals surface area contributed by atoms with Crippen LogP contribution in [0.2, 0.25) is 0 Å². The van der Waals surface area contributed by atoms with Crippen LogP contribution in [0.5, 0.6) is 0 Å². The van der Waals surface area contributed by atoms with Crippen molar-refractivity contribution in [2.24, 2.45) is 5.92 Å². The molecule has 8 aromatic carbocycles. The van der Waals surface area contributed by atoms with E-state index in [-0.39, 0.29) is 15.2 Å². The number of aromatic nitrogens is 1. The number of sulfone groups is 1. The van der Waals surface area contributed by atoms with Crippen molar-refractivity contribution in [2.75, 3.05) is 4.90 Å². The van der Waals surface area contributed by atoms with E-state index >= 15 is 0 Å². The zero-order chi connectivity index (χ0) is 41.2. The van der Waals surface area contributed by atoms with Gasteiger partial charge in [-0.05, 0) is 124 Å². The summed E-state index contributed by atoms with van der Waals surface area (Å²) < 4.78 is 30.1. The highest BCUT2D eigenvalue weighted by atomic mass is 32.2. The van der Waals surface area contributed by atoms with Gasteiger partial charge < -0.3 is 9.47 Å². The molecule has 0 N–H and O–H groups in total. The van der Waals surface area contributed by atoms with E-state index in [1.807, 2.05) is 24.3 Å². The standard InChI is InChI=1S/C55H46N2O2S/c1-37(2)35-38-17-34-48-47-11-5-8-14-51(47)56(54(48)36-38)43-26-18-39(19-27-43)41-22-30-45(31-23-41)60(58,59)46-32-24-42(25-33-46)40-20-28-44(29-21-40)57-52-15-9-6-12-49(52)55(3,4)50-13-7-10-16-53(50)57/h5-34,36-37H,35H2,1-4H3. The van der Waals surface area contributed by atoms with Crippen LogP contribution in [0.4, 0.5) is 17.1 Å². The molecule has 4 nitrogen and oxygen atoms in total. The fraction of sp³-hybridized carbons (Fsp3) is 0.127. The Labute approximate surface area is 352 Å². The van der Waals surface area contributed by atoms with Crippen LogP contribution in [-0.2, 0) is 21.7 Å². The number of para-hydroxylation sites is 3. The van der Waals surface area contributed by atoms with E-state index in [0.29, 0.717) is 5.92 Å². The highest BCUT2D eigenvalue weighted by Gasteiger charge is 2.36. The van der Waals surface area contributed by atoms with E-state index in [9.17, 15) is 8.42 Å². The third kappa shape index (κ3) is 6.32. The molecule has 0 aliphatic carbocycles. The minimum Gasteiger partial charge on any atom is -0.310 e. The van der Waals surface area contributed by atoms with E-state index in [1.165, 1.54) is 49.9 Å². The number of fused-ring (bicyclic) bond motifs is 5. The lowest BCUT2D eigenvalue weighted by Crippen LogP contribution is -2.30. The average Bonchev–Trinajstić information content (AvgIpc) is 3.60. The summed E-state index contributed by atoms with van der Waals surface area (Å²) in [6.07, 6.45) is 1.03. The summed E-state index contributed by atoms with van der Waals surface area (Å²) in [5, 5.41) is 2.49. The van der Waals surface area contributed by atoms with Gasteiger partial charge in [0.15, 0.2) is 0 Å². The number of rotatable bonds is 8. The van der Waals surface area contributed by atoms with Crippen molar-refractivity contribution in [1.29, 1.82) is 0 Å². The normalized spacial score (nSPS) is 13.4. The van der Waals surface area contributed by atoms with E-state index in [2.05, 4.69) is 177 Å². The number of benzene rings is 8. The monoisotopic (exact) mass is 798 g/mol. The van der Waals surface area contributed by atoms with Gasteiger partial charge in [0.2, 0.25) is 9.84 Å². The van der Waals surface area contributed by atoms with Gasteiger partial charge in [0.25, 0.3) is 0 Å². The Morgan fingerprint density at radius 1 is 0.483 bits per heavy atom. The molecule has 1 aliphatic rings. The minimum atomic E-state index is -3.72. The van der Waals surface area contributed by atoms with Crippen LogP contribution in [-0.4, -0.2) is 13.0 Å².